The van der Waals surface area contributed by atoms with Crippen molar-refractivity contribution in [2.24, 2.45) is 5.92 Å². The highest BCUT2D eigenvalue weighted by Crippen LogP contribution is 2.27. The highest BCUT2D eigenvalue weighted by molar-refractivity contribution is 5.85. The van der Waals surface area contributed by atoms with Crippen LogP contribution in [0.25, 0.3) is 0 Å². The molecule has 0 atom stereocenters. The topological polar surface area (TPSA) is 50.4 Å². The monoisotopic (exact) mass is 312 g/mol. The number of rotatable bonds is 8. The van der Waals surface area contributed by atoms with Crippen LogP contribution in [0.4, 0.5) is 0 Å². The first-order valence-corrected chi connectivity index (χ1v) is 7.33. The Balaban J connectivity index is 0.00000220. The van der Waals surface area contributed by atoms with Gasteiger partial charge in [-0.25, -0.2) is 0 Å². The summed E-state index contributed by atoms with van der Waals surface area (Å²) in [7, 11) is 0. The van der Waals surface area contributed by atoms with E-state index in [1.165, 1.54) is 12.8 Å². The van der Waals surface area contributed by atoms with Crippen LogP contribution in [-0.4, -0.2) is 32.1 Å². The van der Waals surface area contributed by atoms with Gasteiger partial charge in [-0.1, -0.05) is 18.2 Å². The largest absolute Gasteiger partial charge is 0.491 e. The fourth-order valence-electron chi connectivity index (χ4n) is 2.14. The second-order valence-corrected chi connectivity index (χ2v) is 5.49. The van der Waals surface area contributed by atoms with Gasteiger partial charge in [-0.15, -0.1) is 12.4 Å². The van der Waals surface area contributed by atoms with E-state index in [1.54, 1.807) is 0 Å². The van der Waals surface area contributed by atoms with Gasteiger partial charge in [0, 0.05) is 0 Å². The fourth-order valence-corrected chi connectivity index (χ4v) is 2.14. The highest BCUT2D eigenvalue weighted by atomic mass is 35.5. The van der Waals surface area contributed by atoms with Gasteiger partial charge >= 0.3 is 0 Å². The lowest BCUT2D eigenvalue weighted by Crippen LogP contribution is -2.36. The van der Waals surface area contributed by atoms with Crippen molar-refractivity contribution in [2.45, 2.75) is 26.7 Å². The lowest BCUT2D eigenvalue weighted by Gasteiger charge is -2.12. The normalized spacial score (nSPS) is 13.4. The molecule has 0 spiro atoms. The zero-order chi connectivity index (χ0) is 14.4. The lowest BCUT2D eigenvalue weighted by molar-refractivity contribution is -0.120. The Hall–Kier alpha value is -1.26. The predicted octanol–water partition coefficient (Wildman–Crippen LogP) is 2.22. The molecule has 4 nitrogen and oxygen atoms in total. The number of hydrogen-bond donors (Lipinski definition) is 2. The smallest absolute Gasteiger partial charge is 0.234 e. The first kappa shape index (κ1) is 17.8. The van der Waals surface area contributed by atoms with E-state index in [2.05, 4.69) is 10.6 Å². The maximum atomic E-state index is 11.6. The number of benzene rings is 1. The first-order chi connectivity index (χ1) is 9.66. The van der Waals surface area contributed by atoms with E-state index in [0.29, 0.717) is 19.7 Å². The highest BCUT2D eigenvalue weighted by Gasteiger charge is 2.20. The Bertz CT molecular complexity index is 441. The van der Waals surface area contributed by atoms with Gasteiger partial charge in [0.15, 0.2) is 0 Å². The van der Waals surface area contributed by atoms with E-state index in [4.69, 9.17) is 4.74 Å². The van der Waals surface area contributed by atoms with Gasteiger partial charge in [-0.3, -0.25) is 4.79 Å². The van der Waals surface area contributed by atoms with Crippen molar-refractivity contribution in [2.75, 3.05) is 26.2 Å². The van der Waals surface area contributed by atoms with Crippen molar-refractivity contribution in [3.63, 3.8) is 0 Å². The van der Waals surface area contributed by atoms with Crippen LogP contribution in [0.2, 0.25) is 0 Å². The Kier molecular flexibility index (Phi) is 7.54. The average Bonchev–Trinajstić information content (AvgIpc) is 3.21. The van der Waals surface area contributed by atoms with Crippen LogP contribution in [0.15, 0.2) is 18.2 Å². The first-order valence-electron chi connectivity index (χ1n) is 7.33. The van der Waals surface area contributed by atoms with Gasteiger partial charge in [0.05, 0.1) is 13.1 Å². The Morgan fingerprint density at radius 3 is 2.57 bits per heavy atom. The Labute approximate surface area is 133 Å². The molecule has 0 unspecified atom stereocenters. The number of amides is 1. The lowest BCUT2D eigenvalue weighted by atomic mass is 10.1. The zero-order valence-corrected chi connectivity index (χ0v) is 13.6. The minimum Gasteiger partial charge on any atom is -0.491 e. The number of halogens is 1. The third-order valence-electron chi connectivity index (χ3n) is 3.49. The number of ether oxygens (including phenoxy) is 1. The molecule has 2 rings (SSSR count). The summed E-state index contributed by atoms with van der Waals surface area (Å²) >= 11 is 0. The Morgan fingerprint density at radius 1 is 1.29 bits per heavy atom. The second-order valence-electron chi connectivity index (χ2n) is 5.49. The summed E-state index contributed by atoms with van der Waals surface area (Å²) in [5.41, 5.74) is 2.25. The SMILES string of the molecule is Cc1cccc(C)c1OCCNC(=O)CNCC1CC1.Cl. The van der Waals surface area contributed by atoms with Crippen LogP contribution in [-0.2, 0) is 4.79 Å². The molecule has 1 aromatic carbocycles. The van der Waals surface area contributed by atoms with Crippen molar-refractivity contribution in [1.29, 1.82) is 0 Å². The van der Waals surface area contributed by atoms with Gasteiger partial charge in [0.1, 0.15) is 12.4 Å². The standard InChI is InChI=1S/C16H24N2O2.ClH/c1-12-4-3-5-13(2)16(12)20-9-8-18-15(19)11-17-10-14-6-7-14;/h3-5,14,17H,6-11H2,1-2H3,(H,18,19);1H. The molecule has 1 aliphatic carbocycles. The van der Waals surface area contributed by atoms with E-state index < -0.39 is 0 Å². The predicted molar refractivity (Wildman–Crippen MR) is 87.3 cm³/mol. The molecule has 0 bridgehead atoms. The average molecular weight is 313 g/mol. The third kappa shape index (κ3) is 6.36. The maximum absolute atomic E-state index is 11.6. The minimum absolute atomic E-state index is 0. The van der Waals surface area contributed by atoms with Crippen molar-refractivity contribution in [3.05, 3.63) is 29.3 Å². The molecule has 1 aromatic rings. The fraction of sp³-hybridized carbons (Fsp3) is 0.562. The molecule has 5 heteroatoms. The van der Waals surface area contributed by atoms with Crippen molar-refractivity contribution in [3.8, 4) is 5.75 Å². The Morgan fingerprint density at radius 2 is 1.95 bits per heavy atom. The summed E-state index contributed by atoms with van der Waals surface area (Å²) in [6, 6.07) is 6.08. The van der Waals surface area contributed by atoms with Crippen molar-refractivity contribution < 1.29 is 9.53 Å². The van der Waals surface area contributed by atoms with Gasteiger partial charge < -0.3 is 15.4 Å². The molecular weight excluding hydrogens is 288 g/mol. The quantitative estimate of drug-likeness (QED) is 0.724. The number of hydrogen-bond acceptors (Lipinski definition) is 3. The van der Waals surface area contributed by atoms with E-state index in [1.807, 2.05) is 32.0 Å². The second kappa shape index (κ2) is 8.90. The van der Waals surface area contributed by atoms with E-state index >= 15 is 0 Å². The third-order valence-corrected chi connectivity index (χ3v) is 3.49. The van der Waals surface area contributed by atoms with Gasteiger partial charge in [0.25, 0.3) is 0 Å². The molecule has 2 N–H and O–H groups in total. The summed E-state index contributed by atoms with van der Waals surface area (Å²) in [5.74, 6) is 1.76. The number of carbonyl (C=O) groups is 1. The van der Waals surface area contributed by atoms with Crippen molar-refractivity contribution in [1.82, 2.24) is 10.6 Å². The van der Waals surface area contributed by atoms with Gasteiger partial charge in [0.2, 0.25) is 5.91 Å². The number of carbonyl (C=O) groups excluding carboxylic acids is 1. The molecule has 1 amide bonds. The van der Waals surface area contributed by atoms with Crippen LogP contribution in [0, 0.1) is 19.8 Å². The molecule has 0 heterocycles. The molecule has 1 aliphatic rings. The molecule has 1 fully saturated rings. The molecule has 118 valence electrons. The van der Waals surface area contributed by atoms with Gasteiger partial charge in [-0.2, -0.15) is 0 Å². The van der Waals surface area contributed by atoms with Crippen molar-refractivity contribution >= 4 is 18.3 Å². The summed E-state index contributed by atoms with van der Waals surface area (Å²) < 4.78 is 5.74. The molecular formula is C16H25ClN2O2. The van der Waals surface area contributed by atoms with Gasteiger partial charge in [-0.05, 0) is 50.3 Å². The van der Waals surface area contributed by atoms with Crippen LogP contribution >= 0.6 is 12.4 Å². The van der Waals surface area contributed by atoms with Crippen LogP contribution in [0.3, 0.4) is 0 Å². The van der Waals surface area contributed by atoms with E-state index in [0.717, 1.165) is 29.3 Å². The molecule has 0 aliphatic heterocycles. The summed E-state index contributed by atoms with van der Waals surface area (Å²) in [6.07, 6.45) is 2.61. The van der Waals surface area contributed by atoms with Crippen LogP contribution in [0.1, 0.15) is 24.0 Å². The molecule has 1 saturated carbocycles. The summed E-state index contributed by atoms with van der Waals surface area (Å²) in [5, 5.41) is 6.03. The molecule has 0 saturated heterocycles. The van der Waals surface area contributed by atoms with Crippen LogP contribution in [0.5, 0.6) is 5.75 Å². The van der Waals surface area contributed by atoms with Crippen LogP contribution < -0.4 is 15.4 Å². The summed E-state index contributed by atoms with van der Waals surface area (Å²) in [4.78, 5) is 11.6. The van der Waals surface area contributed by atoms with E-state index in [9.17, 15) is 4.79 Å². The minimum atomic E-state index is 0. The number of para-hydroxylation sites is 1. The summed E-state index contributed by atoms with van der Waals surface area (Å²) in [6.45, 7) is 6.47. The molecule has 0 aromatic heterocycles. The number of nitrogens with one attached hydrogen (secondary N) is 2. The zero-order valence-electron chi connectivity index (χ0n) is 12.8. The maximum Gasteiger partial charge on any atom is 0.234 e. The number of aryl methyl sites for hydroxylation is 2. The molecule has 21 heavy (non-hydrogen) atoms. The van der Waals surface area contributed by atoms with E-state index in [-0.39, 0.29) is 18.3 Å². The molecule has 0 radical (unpaired) electrons.